The summed E-state index contributed by atoms with van der Waals surface area (Å²) in [6.45, 7) is 0. The Morgan fingerprint density at radius 2 is 0.323 bits per heavy atom. The van der Waals surface area contributed by atoms with E-state index in [1.165, 1.54) is 74.8 Å². The van der Waals surface area contributed by atoms with Gasteiger partial charge >= 0.3 is 0 Å². The van der Waals surface area contributed by atoms with Crippen molar-refractivity contribution in [3.63, 3.8) is 0 Å². The third-order valence-corrected chi connectivity index (χ3v) is 21.1. The van der Waals surface area contributed by atoms with Crippen LogP contribution in [-0.4, -0.2) is 0 Å². The first kappa shape index (κ1) is 42.8. The first-order chi connectivity index (χ1) is 32.2. The van der Waals surface area contributed by atoms with Crippen molar-refractivity contribution in [1.82, 2.24) is 0 Å². The molecule has 65 heavy (non-hydrogen) atoms. The lowest BCUT2D eigenvalue weighted by Crippen LogP contribution is -2.28. The molecule has 10 aromatic carbocycles. The molecule has 0 bridgehead atoms. The largest absolute Gasteiger partial charge is 0.0622 e. The van der Waals surface area contributed by atoms with Crippen LogP contribution in [0.4, 0.5) is 0 Å². The summed E-state index contributed by atoms with van der Waals surface area (Å²) in [5, 5.41) is 16.4. The van der Waals surface area contributed by atoms with E-state index in [1.54, 1.807) is 0 Å². The van der Waals surface area contributed by atoms with Gasteiger partial charge in [-0.25, -0.2) is 0 Å². The van der Waals surface area contributed by atoms with Crippen molar-refractivity contribution in [2.24, 2.45) is 0 Å². The molecule has 0 aliphatic heterocycles. The summed E-state index contributed by atoms with van der Waals surface area (Å²) in [6, 6.07) is 105. The topological polar surface area (TPSA) is 0 Å². The minimum Gasteiger partial charge on any atom is -0.0622 e. The molecule has 0 aliphatic carbocycles. The first-order valence-electron chi connectivity index (χ1n) is 22.1. The van der Waals surface area contributed by atoms with Crippen LogP contribution >= 0.6 is 31.7 Å². The Kier molecular flexibility index (Phi) is 13.7. The molecular weight excluding hydrogens is 857 g/mol. The molecule has 0 fully saturated rings. The second-order valence-electron chi connectivity index (χ2n) is 15.9. The summed E-state index contributed by atoms with van der Waals surface area (Å²) in [4.78, 5) is 0. The molecule has 0 saturated carbocycles. The van der Waals surface area contributed by atoms with Gasteiger partial charge in [-0.2, -0.15) is 0 Å². The maximum Gasteiger partial charge on any atom is -0.00248 e. The van der Waals surface area contributed by atoms with Gasteiger partial charge in [0.2, 0.25) is 0 Å². The molecule has 0 aromatic heterocycles. The zero-order valence-electron chi connectivity index (χ0n) is 36.1. The van der Waals surface area contributed by atoms with E-state index in [2.05, 4.69) is 279 Å². The molecule has 0 N–H and O–H groups in total. The van der Waals surface area contributed by atoms with Crippen LogP contribution in [0.5, 0.6) is 0 Å². The Hall–Kier alpha value is -6.08. The molecule has 0 radical (unpaired) electrons. The molecule has 10 rings (SSSR count). The fourth-order valence-corrected chi connectivity index (χ4v) is 18.5. The Morgan fingerprint density at radius 1 is 0.169 bits per heavy atom. The minimum atomic E-state index is -0.853. The highest BCUT2D eigenvalue weighted by Crippen LogP contribution is 2.40. The number of hydrogen-bond donors (Lipinski definition) is 0. The van der Waals surface area contributed by atoms with Crippen LogP contribution in [0.2, 0.25) is 0 Å². The SMILES string of the molecule is c1ccc(P(c2ccccc2)c2cc(Cc3cc(P(c4ccccc4)c4ccccc4)cc(P(c4ccccc4)c4ccccc4)c3)cc(P(c3ccccc3)c3ccccc3)c2)cc1. The molecule has 0 nitrogen and oxygen atoms in total. The highest BCUT2D eigenvalue weighted by atomic mass is 31.1. The van der Waals surface area contributed by atoms with Gasteiger partial charge in [0.25, 0.3) is 0 Å². The monoisotopic (exact) mass is 904 g/mol. The van der Waals surface area contributed by atoms with Gasteiger partial charge in [-0.15, -0.1) is 0 Å². The second kappa shape index (κ2) is 20.8. The average Bonchev–Trinajstić information content (AvgIpc) is 3.37. The van der Waals surface area contributed by atoms with Crippen LogP contribution in [0.15, 0.2) is 279 Å². The second-order valence-corrected chi connectivity index (χ2v) is 24.8. The molecule has 0 spiro atoms. The standard InChI is InChI=1S/C61H48P4/c1-9-25-50(26-10-1)62(51-27-11-2-12-28-51)58-42-48(43-59(46-58)63(52-29-13-3-14-30-52)53-31-15-4-16-32-53)41-49-44-60(64(54-33-17-5-18-34-54)55-35-19-6-20-36-55)47-61(45-49)65(56-37-21-7-22-38-56)57-39-23-8-24-40-57/h1-40,42-47H,41H2. The fourth-order valence-electron chi connectivity index (χ4n) is 8.67. The van der Waals surface area contributed by atoms with Gasteiger partial charge in [0, 0.05) is 0 Å². The lowest BCUT2D eigenvalue weighted by atomic mass is 10.1. The van der Waals surface area contributed by atoms with E-state index in [0.29, 0.717) is 0 Å². The van der Waals surface area contributed by atoms with Crippen LogP contribution in [0.3, 0.4) is 0 Å². The van der Waals surface area contributed by atoms with E-state index in [4.69, 9.17) is 0 Å². The Bertz CT molecular complexity index is 2470. The molecule has 0 aliphatic rings. The number of rotatable bonds is 14. The van der Waals surface area contributed by atoms with Gasteiger partial charge in [0.05, 0.1) is 0 Å². The summed E-state index contributed by atoms with van der Waals surface area (Å²) >= 11 is 0. The van der Waals surface area contributed by atoms with Gasteiger partial charge in [0.1, 0.15) is 0 Å². The number of hydrogen-bond acceptors (Lipinski definition) is 0. The summed E-state index contributed by atoms with van der Waals surface area (Å²) in [6.07, 6.45) is 0.806. The third-order valence-electron chi connectivity index (χ3n) is 11.5. The van der Waals surface area contributed by atoms with Crippen LogP contribution in [0.25, 0.3) is 0 Å². The zero-order chi connectivity index (χ0) is 43.6. The Morgan fingerprint density at radius 3 is 0.477 bits per heavy atom. The predicted octanol–water partition coefficient (Wildman–Crippen LogP) is 10.3. The number of benzene rings is 10. The summed E-state index contributed by atoms with van der Waals surface area (Å²) in [5.41, 5.74) is 2.68. The Balaban J connectivity index is 1.21. The highest BCUT2D eigenvalue weighted by Gasteiger charge is 2.25. The summed E-state index contributed by atoms with van der Waals surface area (Å²) in [7, 11) is -3.41. The van der Waals surface area contributed by atoms with Crippen molar-refractivity contribution < 1.29 is 0 Å². The summed E-state index contributed by atoms with van der Waals surface area (Å²) < 4.78 is 0. The molecule has 0 atom stereocenters. The lowest BCUT2D eigenvalue weighted by molar-refractivity contribution is 1.21. The van der Waals surface area contributed by atoms with Gasteiger partial charge in [0.15, 0.2) is 0 Å². The molecule has 0 unspecified atom stereocenters. The van der Waals surface area contributed by atoms with Crippen molar-refractivity contribution in [2.75, 3.05) is 0 Å². The van der Waals surface area contributed by atoms with Gasteiger partial charge in [-0.3, -0.25) is 0 Å². The van der Waals surface area contributed by atoms with E-state index in [0.717, 1.165) is 6.42 Å². The molecular formula is C61H48P4. The normalized spacial score (nSPS) is 11.4. The molecule has 0 amide bonds. The predicted molar refractivity (Wildman–Crippen MR) is 291 cm³/mol. The zero-order valence-corrected chi connectivity index (χ0v) is 39.6. The van der Waals surface area contributed by atoms with Gasteiger partial charge in [-0.1, -0.05) is 267 Å². The maximum absolute atomic E-state index is 2.55. The molecule has 0 heterocycles. The van der Waals surface area contributed by atoms with Gasteiger partial charge in [-0.05, 0) is 125 Å². The van der Waals surface area contributed by atoms with Crippen molar-refractivity contribution in [3.8, 4) is 0 Å². The fraction of sp³-hybridized carbons (Fsp3) is 0.0164. The van der Waals surface area contributed by atoms with Crippen molar-refractivity contribution in [3.05, 3.63) is 290 Å². The van der Waals surface area contributed by atoms with E-state index < -0.39 is 31.7 Å². The van der Waals surface area contributed by atoms with E-state index in [1.807, 2.05) is 0 Å². The molecule has 4 heteroatoms. The maximum atomic E-state index is 2.55. The van der Waals surface area contributed by atoms with Crippen LogP contribution in [-0.2, 0) is 6.42 Å². The quantitative estimate of drug-likeness (QED) is 0.0954. The van der Waals surface area contributed by atoms with Crippen molar-refractivity contribution in [2.45, 2.75) is 6.42 Å². The van der Waals surface area contributed by atoms with E-state index >= 15 is 0 Å². The first-order valence-corrected chi connectivity index (χ1v) is 27.5. The minimum absolute atomic E-state index is 0.806. The van der Waals surface area contributed by atoms with Crippen LogP contribution in [0.1, 0.15) is 11.1 Å². The molecule has 0 saturated heterocycles. The van der Waals surface area contributed by atoms with Crippen LogP contribution < -0.4 is 63.7 Å². The third kappa shape index (κ3) is 10.1. The summed E-state index contributed by atoms with van der Waals surface area (Å²) in [5.74, 6) is 0. The highest BCUT2D eigenvalue weighted by molar-refractivity contribution is 7.82. The Labute approximate surface area is 389 Å². The average molecular weight is 905 g/mol. The lowest BCUT2D eigenvalue weighted by Gasteiger charge is -2.26. The van der Waals surface area contributed by atoms with Crippen molar-refractivity contribution in [1.29, 1.82) is 0 Å². The van der Waals surface area contributed by atoms with Gasteiger partial charge < -0.3 is 0 Å². The van der Waals surface area contributed by atoms with E-state index in [9.17, 15) is 0 Å². The smallest absolute Gasteiger partial charge is 0.00248 e. The van der Waals surface area contributed by atoms with Crippen LogP contribution in [0, 0.1) is 0 Å². The van der Waals surface area contributed by atoms with E-state index in [-0.39, 0.29) is 0 Å². The molecule has 10 aromatic rings. The molecule has 312 valence electrons. The van der Waals surface area contributed by atoms with Crippen molar-refractivity contribution >= 4 is 95.3 Å².